The lowest BCUT2D eigenvalue weighted by Crippen LogP contribution is -2.17. The van der Waals surface area contributed by atoms with E-state index in [1.54, 1.807) is 11.3 Å². The van der Waals surface area contributed by atoms with Crippen LogP contribution in [0, 0.1) is 0 Å². The summed E-state index contributed by atoms with van der Waals surface area (Å²) in [6.07, 6.45) is 0.892. The maximum atomic E-state index is 5.67. The van der Waals surface area contributed by atoms with Crippen LogP contribution in [0.25, 0.3) is 0 Å². The van der Waals surface area contributed by atoms with Crippen molar-refractivity contribution >= 4 is 11.3 Å². The summed E-state index contributed by atoms with van der Waals surface area (Å²) in [6, 6.07) is 0.215. The summed E-state index contributed by atoms with van der Waals surface area (Å²) in [7, 11) is 0. The molecule has 0 saturated carbocycles. The van der Waals surface area contributed by atoms with Crippen LogP contribution >= 0.6 is 11.3 Å². The maximum absolute atomic E-state index is 5.67. The molecule has 2 nitrogen and oxygen atoms in total. The first kappa shape index (κ1) is 9.68. The fourth-order valence-corrected chi connectivity index (χ4v) is 1.86. The lowest BCUT2D eigenvalue weighted by molar-refractivity contribution is 0.718. The fraction of sp³-hybridized carbons (Fsp3) is 0.667. The number of hydrogen-bond acceptors (Lipinski definition) is 3. The molecule has 0 saturated heterocycles. The molecule has 0 aliphatic rings. The van der Waals surface area contributed by atoms with E-state index in [9.17, 15) is 0 Å². The highest BCUT2D eigenvalue weighted by molar-refractivity contribution is 7.09. The molecule has 0 bridgehead atoms. The molecular weight excluding hydrogens is 168 g/mol. The number of thiazole rings is 1. The lowest BCUT2D eigenvalue weighted by Gasteiger charge is -2.00. The highest BCUT2D eigenvalue weighted by Gasteiger charge is 2.06. The van der Waals surface area contributed by atoms with Crippen molar-refractivity contribution in [2.75, 3.05) is 0 Å². The van der Waals surface area contributed by atoms with Crippen molar-refractivity contribution in [1.29, 1.82) is 0 Å². The van der Waals surface area contributed by atoms with Crippen LogP contribution in [0.15, 0.2) is 5.38 Å². The van der Waals surface area contributed by atoms with E-state index in [2.05, 4.69) is 24.2 Å². The van der Waals surface area contributed by atoms with Gasteiger partial charge in [-0.15, -0.1) is 11.3 Å². The van der Waals surface area contributed by atoms with Gasteiger partial charge in [-0.25, -0.2) is 4.98 Å². The van der Waals surface area contributed by atoms with Gasteiger partial charge >= 0.3 is 0 Å². The normalized spacial score (nSPS) is 13.8. The summed E-state index contributed by atoms with van der Waals surface area (Å²) in [5.74, 6) is 0.539. The van der Waals surface area contributed by atoms with Crippen molar-refractivity contribution in [2.45, 2.75) is 39.2 Å². The van der Waals surface area contributed by atoms with E-state index in [0.717, 1.165) is 12.1 Å². The van der Waals surface area contributed by atoms with E-state index < -0.39 is 0 Å². The third-order valence-electron chi connectivity index (χ3n) is 1.59. The minimum absolute atomic E-state index is 0.215. The van der Waals surface area contributed by atoms with Gasteiger partial charge in [0.2, 0.25) is 0 Å². The number of nitrogens with zero attached hydrogens (tertiary/aromatic N) is 1. The number of hydrogen-bond donors (Lipinski definition) is 1. The molecule has 2 N–H and O–H groups in total. The van der Waals surface area contributed by atoms with Crippen LogP contribution in [0.4, 0.5) is 0 Å². The van der Waals surface area contributed by atoms with Crippen molar-refractivity contribution in [1.82, 2.24) is 4.98 Å². The van der Waals surface area contributed by atoms with Gasteiger partial charge in [-0.05, 0) is 6.92 Å². The van der Waals surface area contributed by atoms with E-state index in [0.29, 0.717) is 5.92 Å². The number of rotatable bonds is 3. The van der Waals surface area contributed by atoms with Gasteiger partial charge in [0.1, 0.15) is 0 Å². The summed E-state index contributed by atoms with van der Waals surface area (Å²) in [4.78, 5) is 4.49. The van der Waals surface area contributed by atoms with Crippen LogP contribution in [-0.4, -0.2) is 11.0 Å². The number of aromatic nitrogens is 1. The van der Waals surface area contributed by atoms with Gasteiger partial charge in [0, 0.05) is 23.8 Å². The van der Waals surface area contributed by atoms with Gasteiger partial charge in [0.15, 0.2) is 0 Å². The van der Waals surface area contributed by atoms with Crippen molar-refractivity contribution in [3.8, 4) is 0 Å². The Bertz CT molecular complexity index is 240. The third-order valence-corrected chi connectivity index (χ3v) is 2.79. The predicted molar refractivity (Wildman–Crippen MR) is 53.6 cm³/mol. The molecule has 3 heteroatoms. The Morgan fingerprint density at radius 3 is 2.58 bits per heavy atom. The van der Waals surface area contributed by atoms with Crippen molar-refractivity contribution in [3.05, 3.63) is 16.1 Å². The fourth-order valence-electron chi connectivity index (χ4n) is 1.01. The van der Waals surface area contributed by atoms with Crippen LogP contribution in [0.2, 0.25) is 0 Å². The van der Waals surface area contributed by atoms with Gasteiger partial charge < -0.3 is 5.73 Å². The van der Waals surface area contributed by atoms with Crippen molar-refractivity contribution < 1.29 is 0 Å². The van der Waals surface area contributed by atoms with Crippen LogP contribution in [0.3, 0.4) is 0 Å². The van der Waals surface area contributed by atoms with Crippen LogP contribution in [0.5, 0.6) is 0 Å². The summed E-state index contributed by atoms with van der Waals surface area (Å²) in [5.41, 5.74) is 6.81. The average molecular weight is 184 g/mol. The van der Waals surface area contributed by atoms with Gasteiger partial charge in [-0.1, -0.05) is 13.8 Å². The molecule has 1 rings (SSSR count). The molecule has 1 heterocycles. The second-order valence-corrected chi connectivity index (χ2v) is 4.40. The van der Waals surface area contributed by atoms with E-state index in [4.69, 9.17) is 5.73 Å². The zero-order valence-corrected chi connectivity index (χ0v) is 8.69. The monoisotopic (exact) mass is 184 g/mol. The molecule has 0 radical (unpaired) electrons. The van der Waals surface area contributed by atoms with E-state index >= 15 is 0 Å². The lowest BCUT2D eigenvalue weighted by atomic mass is 10.2. The zero-order chi connectivity index (χ0) is 9.14. The van der Waals surface area contributed by atoms with Gasteiger partial charge in [0.05, 0.1) is 10.7 Å². The Balaban J connectivity index is 2.64. The quantitative estimate of drug-likeness (QED) is 0.781. The SMILES string of the molecule is CC(C)c1nc(C[C@@H](C)N)cs1. The summed E-state index contributed by atoms with van der Waals surface area (Å²) in [5, 5.41) is 3.32. The smallest absolute Gasteiger partial charge is 0.0953 e. The molecule has 68 valence electrons. The molecule has 1 aromatic heterocycles. The Labute approximate surface area is 77.8 Å². The van der Waals surface area contributed by atoms with Gasteiger partial charge in [0.25, 0.3) is 0 Å². The van der Waals surface area contributed by atoms with E-state index in [1.165, 1.54) is 5.01 Å². The second-order valence-electron chi connectivity index (χ2n) is 3.51. The Kier molecular flexibility index (Phi) is 3.23. The summed E-state index contributed by atoms with van der Waals surface area (Å²) >= 11 is 1.73. The van der Waals surface area contributed by atoms with Crippen LogP contribution in [-0.2, 0) is 6.42 Å². The molecule has 1 atom stereocenters. The number of nitrogens with two attached hydrogens (primary N) is 1. The molecular formula is C9H16N2S. The standard InChI is InChI=1S/C9H16N2S/c1-6(2)9-11-8(5-12-9)4-7(3)10/h5-7H,4,10H2,1-3H3/t7-/m1/s1. The van der Waals surface area contributed by atoms with Crippen molar-refractivity contribution in [3.63, 3.8) is 0 Å². The summed E-state index contributed by atoms with van der Waals surface area (Å²) in [6.45, 7) is 6.33. The largest absolute Gasteiger partial charge is 0.328 e. The first-order valence-corrected chi connectivity index (χ1v) is 5.17. The minimum Gasteiger partial charge on any atom is -0.328 e. The minimum atomic E-state index is 0.215. The molecule has 12 heavy (non-hydrogen) atoms. The predicted octanol–water partition coefficient (Wildman–Crippen LogP) is 2.16. The Morgan fingerprint density at radius 1 is 1.50 bits per heavy atom. The zero-order valence-electron chi connectivity index (χ0n) is 7.87. The Hall–Kier alpha value is -0.410. The topological polar surface area (TPSA) is 38.9 Å². The van der Waals surface area contributed by atoms with E-state index in [1.807, 2.05) is 6.92 Å². The Morgan fingerprint density at radius 2 is 2.17 bits per heavy atom. The maximum Gasteiger partial charge on any atom is 0.0953 e. The molecule has 0 aliphatic heterocycles. The highest BCUT2D eigenvalue weighted by atomic mass is 32.1. The first-order chi connectivity index (χ1) is 5.59. The van der Waals surface area contributed by atoms with Crippen LogP contribution in [0.1, 0.15) is 37.4 Å². The van der Waals surface area contributed by atoms with E-state index in [-0.39, 0.29) is 6.04 Å². The molecule has 0 spiro atoms. The summed E-state index contributed by atoms with van der Waals surface area (Å²) < 4.78 is 0. The highest BCUT2D eigenvalue weighted by Crippen LogP contribution is 2.19. The van der Waals surface area contributed by atoms with Gasteiger partial charge in [-0.2, -0.15) is 0 Å². The first-order valence-electron chi connectivity index (χ1n) is 4.29. The third kappa shape index (κ3) is 2.57. The molecule has 1 aromatic rings. The second kappa shape index (κ2) is 4.01. The van der Waals surface area contributed by atoms with Crippen molar-refractivity contribution in [2.24, 2.45) is 5.73 Å². The van der Waals surface area contributed by atoms with Crippen LogP contribution < -0.4 is 5.73 Å². The molecule has 0 fully saturated rings. The molecule has 0 unspecified atom stereocenters. The molecule has 0 amide bonds. The van der Waals surface area contributed by atoms with Gasteiger partial charge in [-0.3, -0.25) is 0 Å². The average Bonchev–Trinajstić information content (AvgIpc) is 2.34. The molecule has 0 aromatic carbocycles. The molecule has 0 aliphatic carbocycles.